The number of carboxylic acids is 1. The van der Waals surface area contributed by atoms with Gasteiger partial charge in [-0.3, -0.25) is 4.79 Å². The number of fused-ring (bicyclic) bond motifs is 1. The first-order chi connectivity index (χ1) is 15.4. The number of carbonyl (C=O) groups excluding carboxylic acids is 1. The number of hydrogen-bond acceptors (Lipinski definition) is 6. The molecule has 0 unspecified atom stereocenters. The Kier molecular flexibility index (Phi) is 6.65. The fourth-order valence-corrected chi connectivity index (χ4v) is 4.73. The van der Waals surface area contributed by atoms with Crippen LogP contribution in [0.3, 0.4) is 0 Å². The molecule has 2 heterocycles. The number of amides is 1. The van der Waals surface area contributed by atoms with Crippen molar-refractivity contribution in [3.05, 3.63) is 53.7 Å². The molecule has 1 aliphatic heterocycles. The van der Waals surface area contributed by atoms with Gasteiger partial charge in [0.15, 0.2) is 0 Å². The third-order valence-corrected chi connectivity index (χ3v) is 6.54. The molecule has 2 aromatic rings. The number of nitrogens with zero attached hydrogens (tertiary/aromatic N) is 2. The van der Waals surface area contributed by atoms with E-state index in [-0.39, 0.29) is 17.2 Å². The summed E-state index contributed by atoms with van der Waals surface area (Å²) in [6.07, 6.45) is 6.47. The Hall–Kier alpha value is -3.07. The van der Waals surface area contributed by atoms with E-state index < -0.39 is 19.0 Å². The van der Waals surface area contributed by atoms with Gasteiger partial charge in [0.25, 0.3) is 0 Å². The van der Waals surface area contributed by atoms with Crippen molar-refractivity contribution in [2.75, 3.05) is 11.9 Å². The number of carbonyl (C=O) groups is 2. The quantitative estimate of drug-likeness (QED) is 0.595. The molecular weight excluding hydrogens is 409 g/mol. The number of hydrogen-bond donors (Lipinski definition) is 3. The van der Waals surface area contributed by atoms with E-state index >= 15 is 0 Å². The van der Waals surface area contributed by atoms with Gasteiger partial charge in [-0.2, -0.15) is 0 Å². The number of carboxylic acid groups (broad SMARTS) is 1. The van der Waals surface area contributed by atoms with Crippen molar-refractivity contribution in [3.63, 3.8) is 0 Å². The van der Waals surface area contributed by atoms with Crippen LogP contribution in [0.2, 0.25) is 0 Å². The minimum Gasteiger partial charge on any atom is -0.534 e. The molecule has 2 aliphatic rings. The van der Waals surface area contributed by atoms with Gasteiger partial charge in [0.2, 0.25) is 5.91 Å². The van der Waals surface area contributed by atoms with Crippen LogP contribution in [-0.2, 0) is 11.2 Å². The molecule has 1 aromatic heterocycles. The lowest BCUT2D eigenvalue weighted by atomic mass is 9.72. The van der Waals surface area contributed by atoms with E-state index in [1.807, 2.05) is 18.2 Å². The predicted molar refractivity (Wildman–Crippen MR) is 121 cm³/mol. The molecule has 32 heavy (non-hydrogen) atoms. The first kappa shape index (κ1) is 22.1. The second-order valence-corrected chi connectivity index (χ2v) is 8.66. The van der Waals surface area contributed by atoms with Crippen molar-refractivity contribution in [2.45, 2.75) is 50.5 Å². The van der Waals surface area contributed by atoms with Gasteiger partial charge in [-0.15, -0.1) is 0 Å². The van der Waals surface area contributed by atoms with E-state index in [1.165, 1.54) is 6.07 Å². The van der Waals surface area contributed by atoms with E-state index in [4.69, 9.17) is 4.65 Å². The van der Waals surface area contributed by atoms with Gasteiger partial charge in [0, 0.05) is 25.7 Å². The number of nitrogens with one attached hydrogen (secondary N) is 1. The van der Waals surface area contributed by atoms with Crippen molar-refractivity contribution < 1.29 is 24.4 Å². The lowest BCUT2D eigenvalue weighted by Crippen LogP contribution is -2.53. The average molecular weight is 437 g/mol. The van der Waals surface area contributed by atoms with Crippen LogP contribution in [0.25, 0.3) is 0 Å². The van der Waals surface area contributed by atoms with E-state index in [2.05, 4.69) is 22.2 Å². The minimum atomic E-state index is -1.28. The van der Waals surface area contributed by atoms with Crippen molar-refractivity contribution in [3.8, 4) is 5.75 Å². The predicted octanol–water partition coefficient (Wildman–Crippen LogP) is 2.30. The normalized spacial score (nSPS) is 22.4. The number of rotatable bonds is 6. The highest BCUT2D eigenvalue weighted by Crippen LogP contribution is 2.32. The highest BCUT2D eigenvalue weighted by atomic mass is 16.5. The first-order valence-corrected chi connectivity index (χ1v) is 11.1. The van der Waals surface area contributed by atoms with Crippen LogP contribution in [0.15, 0.2) is 42.6 Å². The van der Waals surface area contributed by atoms with Gasteiger partial charge < -0.3 is 25.0 Å². The summed E-state index contributed by atoms with van der Waals surface area (Å²) in [7, 11) is 0.785. The Morgan fingerprint density at radius 1 is 1.19 bits per heavy atom. The summed E-state index contributed by atoms with van der Waals surface area (Å²) in [5.74, 6) is -0.390. The number of aromatic carboxylic acids is 1. The lowest BCUT2D eigenvalue weighted by molar-refractivity contribution is -0.122. The van der Waals surface area contributed by atoms with Crippen molar-refractivity contribution in [2.24, 2.45) is 5.92 Å². The number of benzene rings is 1. The van der Waals surface area contributed by atoms with Gasteiger partial charge in [-0.05, 0) is 61.8 Å². The smallest absolute Gasteiger partial charge is 0.534 e. The minimum absolute atomic E-state index is 0.0127. The van der Waals surface area contributed by atoms with Crippen LogP contribution in [0.4, 0.5) is 5.82 Å². The Morgan fingerprint density at radius 2 is 1.97 bits per heavy atom. The average Bonchev–Trinajstić information content (AvgIpc) is 2.79. The van der Waals surface area contributed by atoms with Crippen LogP contribution in [0.5, 0.6) is 5.75 Å². The largest absolute Gasteiger partial charge is 0.547 e. The summed E-state index contributed by atoms with van der Waals surface area (Å²) in [6, 6.07) is 11.2. The summed E-state index contributed by atoms with van der Waals surface area (Å²) in [5.41, 5.74) is 0.678. The number of pyridine rings is 1. The lowest BCUT2D eigenvalue weighted by Gasteiger charge is -2.35. The Bertz CT molecular complexity index is 965. The molecule has 1 saturated carbocycles. The maximum absolute atomic E-state index is 12.7. The molecule has 1 atom stereocenters. The van der Waals surface area contributed by atoms with Crippen LogP contribution in [-0.4, -0.2) is 53.1 Å². The zero-order valence-electron chi connectivity index (χ0n) is 18.1. The maximum Gasteiger partial charge on any atom is 0.547 e. The molecule has 9 heteroatoms. The van der Waals surface area contributed by atoms with Crippen LogP contribution in [0.1, 0.15) is 48.0 Å². The topological polar surface area (TPSA) is 112 Å². The van der Waals surface area contributed by atoms with Gasteiger partial charge in [0.1, 0.15) is 11.6 Å². The van der Waals surface area contributed by atoms with Crippen molar-refractivity contribution in [1.29, 1.82) is 0 Å². The van der Waals surface area contributed by atoms with Gasteiger partial charge in [-0.25, -0.2) is 9.78 Å². The number of anilines is 1. The Balaban J connectivity index is 1.28. The molecule has 1 aromatic carbocycles. The molecule has 8 nitrogen and oxygen atoms in total. The molecule has 168 valence electrons. The van der Waals surface area contributed by atoms with Crippen molar-refractivity contribution >= 4 is 24.8 Å². The van der Waals surface area contributed by atoms with Crippen molar-refractivity contribution in [1.82, 2.24) is 10.3 Å². The van der Waals surface area contributed by atoms with E-state index in [1.54, 1.807) is 18.3 Å². The molecule has 0 bridgehead atoms. The SMILES string of the molecule is CN(c1ccccn1)[C@H]1CC[C@H](CC(=O)N[C@H]2Cc3cccc(C(=O)O)c3OB2O)CC1. The summed E-state index contributed by atoms with van der Waals surface area (Å²) >= 11 is 0. The molecule has 3 N–H and O–H groups in total. The standard InChI is InChI=1S/C23H28BN3O5/c1-27(20-7-2-3-12-25-20)17-10-8-15(9-11-17)13-21(28)26-19-14-16-5-4-6-18(23(29)30)22(16)32-24(19)31/h2-7,12,15,17,19,31H,8-11,13-14H2,1H3,(H,26,28)(H,29,30)/t15-,17-,19-/m0/s1. The second kappa shape index (κ2) is 9.60. The molecule has 1 fully saturated rings. The van der Waals surface area contributed by atoms with Crippen LogP contribution in [0, 0.1) is 5.92 Å². The molecule has 0 saturated heterocycles. The molecule has 4 rings (SSSR count). The fourth-order valence-electron chi connectivity index (χ4n) is 4.73. The molecular formula is C23H28BN3O5. The highest BCUT2D eigenvalue weighted by molar-refractivity contribution is 6.47. The third kappa shape index (κ3) is 4.88. The molecule has 1 amide bonds. The maximum atomic E-state index is 12.7. The molecule has 0 radical (unpaired) electrons. The van der Waals surface area contributed by atoms with Crippen LogP contribution < -0.4 is 14.9 Å². The van der Waals surface area contributed by atoms with E-state index in [0.29, 0.717) is 30.4 Å². The zero-order valence-corrected chi connectivity index (χ0v) is 18.1. The highest BCUT2D eigenvalue weighted by Gasteiger charge is 2.38. The Morgan fingerprint density at radius 3 is 2.66 bits per heavy atom. The summed E-state index contributed by atoms with van der Waals surface area (Å²) in [6.45, 7) is 0. The number of aromatic nitrogens is 1. The third-order valence-electron chi connectivity index (χ3n) is 6.54. The van der Waals surface area contributed by atoms with Crippen LogP contribution >= 0.6 is 0 Å². The summed E-state index contributed by atoms with van der Waals surface area (Å²) in [4.78, 5) is 30.7. The van der Waals surface area contributed by atoms with Gasteiger partial charge in [0.05, 0.1) is 11.5 Å². The van der Waals surface area contributed by atoms with E-state index in [9.17, 15) is 19.7 Å². The summed E-state index contributed by atoms with van der Waals surface area (Å²) < 4.78 is 5.46. The zero-order chi connectivity index (χ0) is 22.7. The first-order valence-electron chi connectivity index (χ1n) is 11.1. The Labute approximate surface area is 187 Å². The summed E-state index contributed by atoms with van der Waals surface area (Å²) in [5, 5.41) is 22.5. The van der Waals surface area contributed by atoms with Gasteiger partial charge >= 0.3 is 13.1 Å². The van der Waals surface area contributed by atoms with Gasteiger partial charge in [-0.1, -0.05) is 18.2 Å². The monoisotopic (exact) mass is 437 g/mol. The fraction of sp³-hybridized carbons (Fsp3) is 0.435. The number of para-hydroxylation sites is 1. The molecule has 1 aliphatic carbocycles. The molecule has 0 spiro atoms. The van der Waals surface area contributed by atoms with E-state index in [0.717, 1.165) is 31.5 Å². The second-order valence-electron chi connectivity index (χ2n) is 8.66.